The van der Waals surface area contributed by atoms with Gasteiger partial charge in [0, 0.05) is 24.0 Å². The zero-order valence-electron chi connectivity index (χ0n) is 10.3. The molecular weight excluding hydrogens is 287 g/mol. The van der Waals surface area contributed by atoms with Gasteiger partial charge in [-0.3, -0.25) is 4.99 Å². The molecule has 1 saturated heterocycles. The number of nitrogens with one attached hydrogen (secondary N) is 1. The molecule has 0 atom stereocenters. The molecule has 102 valence electrons. The third-order valence-corrected chi connectivity index (χ3v) is 4.80. The highest BCUT2D eigenvalue weighted by molar-refractivity contribution is 8.14. The first kappa shape index (κ1) is 13.2. The number of hydrogen-bond acceptors (Lipinski definition) is 4. The quantitative estimate of drug-likeness (QED) is 0.861. The van der Waals surface area contributed by atoms with Crippen LogP contribution in [0.3, 0.4) is 0 Å². The molecule has 0 aliphatic carbocycles. The van der Waals surface area contributed by atoms with Crippen molar-refractivity contribution < 1.29 is 9.13 Å². The molecule has 0 amide bonds. The average molecular weight is 301 g/mol. The largest absolute Gasteiger partial charge is 0.381 e. The number of thioether (sulfide) groups is 1. The van der Waals surface area contributed by atoms with Gasteiger partial charge in [-0.15, -0.1) is 0 Å². The van der Waals surface area contributed by atoms with Gasteiger partial charge in [-0.25, -0.2) is 4.39 Å². The van der Waals surface area contributed by atoms with Crippen LogP contribution < -0.4 is 5.32 Å². The number of rotatable bonds is 1. The minimum absolute atomic E-state index is 0.0197. The van der Waals surface area contributed by atoms with Crippen LogP contribution in [0.25, 0.3) is 0 Å². The molecule has 0 unspecified atom stereocenters. The molecule has 1 fully saturated rings. The van der Waals surface area contributed by atoms with Gasteiger partial charge in [0.1, 0.15) is 5.82 Å². The van der Waals surface area contributed by atoms with E-state index in [4.69, 9.17) is 21.3 Å². The fraction of sp³-hybridized carbons (Fsp3) is 0.462. The number of hydrogen-bond donors (Lipinski definition) is 1. The second kappa shape index (κ2) is 5.31. The van der Waals surface area contributed by atoms with E-state index in [9.17, 15) is 4.39 Å². The molecule has 19 heavy (non-hydrogen) atoms. The number of nitrogens with zero attached hydrogens (tertiary/aromatic N) is 1. The molecule has 2 heterocycles. The van der Waals surface area contributed by atoms with Gasteiger partial charge in [-0.1, -0.05) is 23.4 Å². The van der Waals surface area contributed by atoms with E-state index < -0.39 is 0 Å². The topological polar surface area (TPSA) is 33.6 Å². The highest BCUT2D eigenvalue weighted by Crippen LogP contribution is 2.36. The van der Waals surface area contributed by atoms with Crippen LogP contribution in [0.5, 0.6) is 0 Å². The summed E-state index contributed by atoms with van der Waals surface area (Å²) in [5, 5.41) is 4.22. The molecule has 0 aromatic heterocycles. The van der Waals surface area contributed by atoms with Crippen LogP contribution in [-0.4, -0.2) is 29.7 Å². The molecule has 1 spiro atoms. The van der Waals surface area contributed by atoms with E-state index in [1.807, 2.05) is 0 Å². The highest BCUT2D eigenvalue weighted by atomic mass is 35.5. The second-order valence-electron chi connectivity index (χ2n) is 4.79. The number of amidine groups is 1. The SMILES string of the molecule is Fc1cc(Cl)ccc1NC1=NC2(CCOCC2)CS1. The fourth-order valence-corrected chi connectivity index (χ4v) is 3.62. The van der Waals surface area contributed by atoms with E-state index in [1.165, 1.54) is 6.07 Å². The van der Waals surface area contributed by atoms with Gasteiger partial charge in [0.2, 0.25) is 0 Å². The van der Waals surface area contributed by atoms with E-state index in [2.05, 4.69) is 5.32 Å². The summed E-state index contributed by atoms with van der Waals surface area (Å²) < 4.78 is 19.1. The monoisotopic (exact) mass is 300 g/mol. The summed E-state index contributed by atoms with van der Waals surface area (Å²) in [6, 6.07) is 4.60. The lowest BCUT2D eigenvalue weighted by Gasteiger charge is -2.29. The molecule has 2 aliphatic heterocycles. The first-order valence-corrected chi connectivity index (χ1v) is 7.56. The molecule has 1 N–H and O–H groups in total. The van der Waals surface area contributed by atoms with E-state index >= 15 is 0 Å². The molecular formula is C13H14ClFN2OS. The molecule has 1 aromatic rings. The predicted molar refractivity (Wildman–Crippen MR) is 77.7 cm³/mol. The Morgan fingerprint density at radius 2 is 2.16 bits per heavy atom. The molecule has 0 radical (unpaired) electrons. The van der Waals surface area contributed by atoms with Crippen molar-refractivity contribution in [2.75, 3.05) is 24.3 Å². The lowest BCUT2D eigenvalue weighted by atomic mass is 9.93. The van der Waals surface area contributed by atoms with Crippen molar-refractivity contribution in [1.29, 1.82) is 0 Å². The van der Waals surface area contributed by atoms with E-state index in [1.54, 1.807) is 23.9 Å². The third-order valence-electron chi connectivity index (χ3n) is 3.41. The maximum atomic E-state index is 13.7. The van der Waals surface area contributed by atoms with Crippen molar-refractivity contribution in [3.8, 4) is 0 Å². The summed E-state index contributed by atoms with van der Waals surface area (Å²) in [6.07, 6.45) is 1.88. The normalized spacial score (nSPS) is 21.5. The Bertz CT molecular complexity index is 517. The molecule has 0 bridgehead atoms. The molecule has 3 nitrogen and oxygen atoms in total. The standard InChI is InChI=1S/C13H14ClFN2OS/c14-9-1-2-11(10(15)7-9)16-12-17-13(8-19-12)3-5-18-6-4-13/h1-2,7H,3-6,8H2,(H,16,17). The number of aliphatic imine (C=N–C) groups is 1. The van der Waals surface area contributed by atoms with Gasteiger partial charge in [-0.2, -0.15) is 0 Å². The minimum atomic E-state index is -0.358. The van der Waals surface area contributed by atoms with E-state index in [0.29, 0.717) is 10.7 Å². The lowest BCUT2D eigenvalue weighted by Crippen LogP contribution is -2.34. The Labute approximate surface area is 120 Å². The Kier molecular flexibility index (Phi) is 3.69. The van der Waals surface area contributed by atoms with Crippen LogP contribution in [0.1, 0.15) is 12.8 Å². The zero-order valence-corrected chi connectivity index (χ0v) is 11.9. The molecule has 6 heteroatoms. The Morgan fingerprint density at radius 1 is 1.37 bits per heavy atom. The number of anilines is 1. The molecule has 3 rings (SSSR count). The van der Waals surface area contributed by atoms with Crippen molar-refractivity contribution in [3.63, 3.8) is 0 Å². The van der Waals surface area contributed by atoms with Gasteiger partial charge in [0.05, 0.1) is 11.2 Å². The summed E-state index contributed by atoms with van der Waals surface area (Å²) in [5.74, 6) is 0.581. The second-order valence-corrected chi connectivity index (χ2v) is 6.19. The summed E-state index contributed by atoms with van der Waals surface area (Å²) >= 11 is 7.37. The fourth-order valence-electron chi connectivity index (χ4n) is 2.26. The first-order valence-electron chi connectivity index (χ1n) is 6.19. The first-order chi connectivity index (χ1) is 9.17. The van der Waals surface area contributed by atoms with Gasteiger partial charge in [0.15, 0.2) is 5.17 Å². The van der Waals surface area contributed by atoms with Crippen LogP contribution in [0, 0.1) is 5.82 Å². The van der Waals surface area contributed by atoms with Crippen molar-refractivity contribution in [2.45, 2.75) is 18.4 Å². The van der Waals surface area contributed by atoms with Crippen molar-refractivity contribution >= 4 is 34.2 Å². The lowest BCUT2D eigenvalue weighted by molar-refractivity contribution is 0.0624. The van der Waals surface area contributed by atoms with Gasteiger partial charge in [-0.05, 0) is 31.0 Å². The number of benzene rings is 1. The highest BCUT2D eigenvalue weighted by Gasteiger charge is 2.37. The maximum Gasteiger partial charge on any atom is 0.161 e. The van der Waals surface area contributed by atoms with Crippen LogP contribution in [-0.2, 0) is 4.74 Å². The Hall–Kier alpha value is -0.780. The minimum Gasteiger partial charge on any atom is -0.381 e. The summed E-state index contributed by atoms with van der Waals surface area (Å²) in [5.41, 5.74) is 0.397. The van der Waals surface area contributed by atoms with Crippen LogP contribution in [0.4, 0.5) is 10.1 Å². The molecule has 1 aromatic carbocycles. The van der Waals surface area contributed by atoms with Gasteiger partial charge >= 0.3 is 0 Å². The number of halogens is 2. The third kappa shape index (κ3) is 2.88. The van der Waals surface area contributed by atoms with Crippen molar-refractivity contribution in [3.05, 3.63) is 29.0 Å². The van der Waals surface area contributed by atoms with Crippen LogP contribution in [0.2, 0.25) is 5.02 Å². The van der Waals surface area contributed by atoms with Crippen molar-refractivity contribution in [1.82, 2.24) is 0 Å². The summed E-state index contributed by atoms with van der Waals surface area (Å²) in [6.45, 7) is 1.51. The summed E-state index contributed by atoms with van der Waals surface area (Å²) in [4.78, 5) is 4.73. The zero-order chi connectivity index (χ0) is 13.3. The maximum absolute atomic E-state index is 13.7. The Morgan fingerprint density at radius 3 is 2.89 bits per heavy atom. The Balaban J connectivity index is 1.75. The number of ether oxygens (including phenoxy) is 1. The van der Waals surface area contributed by atoms with E-state index in [-0.39, 0.29) is 11.4 Å². The van der Waals surface area contributed by atoms with Crippen molar-refractivity contribution in [2.24, 2.45) is 4.99 Å². The molecule has 0 saturated carbocycles. The van der Waals surface area contributed by atoms with Gasteiger partial charge in [0.25, 0.3) is 0 Å². The summed E-state index contributed by atoms with van der Waals surface area (Å²) in [7, 11) is 0. The van der Waals surface area contributed by atoms with E-state index in [0.717, 1.165) is 37.0 Å². The van der Waals surface area contributed by atoms with Crippen LogP contribution >= 0.6 is 23.4 Å². The average Bonchev–Trinajstić information content (AvgIpc) is 2.77. The molecule has 2 aliphatic rings. The van der Waals surface area contributed by atoms with Crippen LogP contribution in [0.15, 0.2) is 23.2 Å². The smallest absolute Gasteiger partial charge is 0.161 e. The predicted octanol–water partition coefficient (Wildman–Crippen LogP) is 3.54. The van der Waals surface area contributed by atoms with Gasteiger partial charge < -0.3 is 10.1 Å².